The SMILES string of the molecule is Cc1ccc2sc(N(Cc3cccnc3)C(=O)C3CC(=O)N(c4ccccc4)C3)nc2c1C. The number of aromatic nitrogens is 2. The number of pyridine rings is 1. The molecule has 0 bridgehead atoms. The average Bonchev–Trinajstić information content (AvgIpc) is 3.45. The van der Waals surface area contributed by atoms with Crippen molar-refractivity contribution in [1.82, 2.24) is 9.97 Å². The van der Waals surface area contributed by atoms with Gasteiger partial charge in [-0.1, -0.05) is 41.7 Å². The van der Waals surface area contributed by atoms with Crippen LogP contribution in [0.3, 0.4) is 0 Å². The fraction of sp³-hybridized carbons (Fsp3) is 0.231. The Labute approximate surface area is 196 Å². The highest BCUT2D eigenvalue weighted by molar-refractivity contribution is 7.22. The molecule has 5 rings (SSSR count). The molecule has 1 atom stereocenters. The summed E-state index contributed by atoms with van der Waals surface area (Å²) in [6, 6.07) is 17.5. The maximum Gasteiger partial charge on any atom is 0.234 e. The van der Waals surface area contributed by atoms with Crippen LogP contribution in [0.4, 0.5) is 10.8 Å². The van der Waals surface area contributed by atoms with E-state index in [4.69, 9.17) is 4.98 Å². The van der Waals surface area contributed by atoms with Crippen LogP contribution >= 0.6 is 11.3 Å². The van der Waals surface area contributed by atoms with Crippen LogP contribution in [0.5, 0.6) is 0 Å². The van der Waals surface area contributed by atoms with Gasteiger partial charge in [-0.25, -0.2) is 4.98 Å². The van der Waals surface area contributed by atoms with E-state index in [0.29, 0.717) is 18.2 Å². The first kappa shape index (κ1) is 21.3. The predicted molar refractivity (Wildman–Crippen MR) is 131 cm³/mol. The number of carbonyl (C=O) groups is 2. The Morgan fingerprint density at radius 2 is 1.94 bits per heavy atom. The molecule has 1 unspecified atom stereocenters. The first-order chi connectivity index (χ1) is 16.0. The van der Waals surface area contributed by atoms with Gasteiger partial charge in [0.15, 0.2) is 5.13 Å². The van der Waals surface area contributed by atoms with Gasteiger partial charge in [0.05, 0.1) is 22.7 Å². The van der Waals surface area contributed by atoms with E-state index in [9.17, 15) is 9.59 Å². The quantitative estimate of drug-likeness (QED) is 0.429. The third-order valence-corrected chi connectivity index (χ3v) is 7.22. The van der Waals surface area contributed by atoms with E-state index in [0.717, 1.165) is 27.0 Å². The van der Waals surface area contributed by atoms with Crippen molar-refractivity contribution in [2.45, 2.75) is 26.8 Å². The van der Waals surface area contributed by atoms with E-state index >= 15 is 0 Å². The number of thiazole rings is 1. The average molecular weight is 457 g/mol. The summed E-state index contributed by atoms with van der Waals surface area (Å²) in [6.07, 6.45) is 3.67. The number of carbonyl (C=O) groups excluding carboxylic acids is 2. The first-order valence-electron chi connectivity index (χ1n) is 10.9. The largest absolute Gasteiger partial charge is 0.312 e. The van der Waals surface area contributed by atoms with Gasteiger partial charge in [-0.05, 0) is 54.8 Å². The van der Waals surface area contributed by atoms with Gasteiger partial charge >= 0.3 is 0 Å². The summed E-state index contributed by atoms with van der Waals surface area (Å²) >= 11 is 1.51. The second kappa shape index (κ2) is 8.75. The summed E-state index contributed by atoms with van der Waals surface area (Å²) in [5.74, 6) is -0.542. The highest BCUT2D eigenvalue weighted by Crippen LogP contribution is 2.35. The van der Waals surface area contributed by atoms with Crippen molar-refractivity contribution < 1.29 is 9.59 Å². The predicted octanol–water partition coefficient (Wildman–Crippen LogP) is 4.89. The van der Waals surface area contributed by atoms with Crippen LogP contribution in [-0.4, -0.2) is 28.3 Å². The zero-order valence-electron chi connectivity index (χ0n) is 18.6. The minimum atomic E-state index is -0.427. The van der Waals surface area contributed by atoms with E-state index in [-0.39, 0.29) is 18.2 Å². The molecule has 166 valence electrons. The molecule has 2 aromatic carbocycles. The highest BCUT2D eigenvalue weighted by Gasteiger charge is 2.38. The maximum atomic E-state index is 13.8. The highest BCUT2D eigenvalue weighted by atomic mass is 32.1. The van der Waals surface area contributed by atoms with Crippen molar-refractivity contribution in [1.29, 1.82) is 0 Å². The molecule has 1 saturated heterocycles. The third-order valence-electron chi connectivity index (χ3n) is 6.18. The monoisotopic (exact) mass is 456 g/mol. The van der Waals surface area contributed by atoms with Crippen LogP contribution in [-0.2, 0) is 16.1 Å². The first-order valence-corrected chi connectivity index (χ1v) is 11.8. The molecule has 1 aliphatic heterocycles. The number of rotatable bonds is 5. The third kappa shape index (κ3) is 4.12. The molecular weight excluding hydrogens is 432 g/mol. The molecule has 2 amide bonds. The number of anilines is 2. The topological polar surface area (TPSA) is 66.4 Å². The molecule has 7 heteroatoms. The zero-order chi connectivity index (χ0) is 22.9. The van der Waals surface area contributed by atoms with Gasteiger partial charge in [-0.15, -0.1) is 0 Å². The van der Waals surface area contributed by atoms with Crippen LogP contribution in [0.2, 0.25) is 0 Å². The van der Waals surface area contributed by atoms with Crippen molar-refractivity contribution in [3.05, 3.63) is 83.7 Å². The number of para-hydroxylation sites is 1. The Kier molecular flexibility index (Phi) is 5.64. The molecule has 0 spiro atoms. The second-order valence-electron chi connectivity index (χ2n) is 8.38. The lowest BCUT2D eigenvalue weighted by Gasteiger charge is -2.23. The number of hydrogen-bond donors (Lipinski definition) is 0. The summed E-state index contributed by atoms with van der Waals surface area (Å²) < 4.78 is 1.05. The molecule has 3 heterocycles. The van der Waals surface area contributed by atoms with Crippen molar-refractivity contribution in [3.63, 3.8) is 0 Å². The van der Waals surface area contributed by atoms with Gasteiger partial charge in [-0.2, -0.15) is 0 Å². The molecular formula is C26H24N4O2S. The number of aryl methyl sites for hydroxylation is 2. The molecule has 33 heavy (non-hydrogen) atoms. The van der Waals surface area contributed by atoms with Gasteiger partial charge in [-0.3, -0.25) is 19.5 Å². The standard InChI is InChI=1S/C26H24N4O2S/c1-17-10-11-22-24(18(17)2)28-26(33-22)30(15-19-7-6-12-27-14-19)25(32)20-13-23(31)29(16-20)21-8-4-3-5-9-21/h3-12,14,20H,13,15-16H2,1-2H3. The van der Waals surface area contributed by atoms with Crippen molar-refractivity contribution >= 4 is 44.2 Å². The lowest BCUT2D eigenvalue weighted by Crippen LogP contribution is -2.37. The number of nitrogens with zero attached hydrogens (tertiary/aromatic N) is 4. The van der Waals surface area contributed by atoms with Gasteiger partial charge in [0.1, 0.15) is 0 Å². The smallest absolute Gasteiger partial charge is 0.234 e. The minimum Gasteiger partial charge on any atom is -0.312 e. The molecule has 0 radical (unpaired) electrons. The molecule has 1 aliphatic rings. The number of fused-ring (bicyclic) bond motifs is 1. The van der Waals surface area contributed by atoms with E-state index in [1.807, 2.05) is 42.5 Å². The lowest BCUT2D eigenvalue weighted by molar-refractivity contribution is -0.124. The Balaban J connectivity index is 1.49. The minimum absolute atomic E-state index is 0.0309. The fourth-order valence-corrected chi connectivity index (χ4v) is 5.22. The van der Waals surface area contributed by atoms with Crippen molar-refractivity contribution in [2.75, 3.05) is 16.3 Å². The van der Waals surface area contributed by atoms with Crippen LogP contribution in [0, 0.1) is 19.8 Å². The summed E-state index contributed by atoms with van der Waals surface area (Å²) in [5, 5.41) is 0.651. The molecule has 4 aromatic rings. The van der Waals surface area contributed by atoms with Gasteiger partial charge in [0.2, 0.25) is 11.8 Å². The van der Waals surface area contributed by atoms with Crippen LogP contribution < -0.4 is 9.80 Å². The number of amides is 2. The van der Waals surface area contributed by atoms with E-state index in [2.05, 4.69) is 31.0 Å². The Morgan fingerprint density at radius 3 is 2.70 bits per heavy atom. The molecule has 0 aliphatic carbocycles. The van der Waals surface area contributed by atoms with E-state index in [1.54, 1.807) is 22.2 Å². The normalized spacial score (nSPS) is 15.9. The van der Waals surface area contributed by atoms with Gasteiger partial charge < -0.3 is 4.90 Å². The second-order valence-corrected chi connectivity index (χ2v) is 9.39. The molecule has 6 nitrogen and oxygen atoms in total. The summed E-state index contributed by atoms with van der Waals surface area (Å²) in [5.41, 5.74) is 4.96. The maximum absolute atomic E-state index is 13.8. The lowest BCUT2D eigenvalue weighted by atomic mass is 10.1. The van der Waals surface area contributed by atoms with E-state index < -0.39 is 5.92 Å². The summed E-state index contributed by atoms with van der Waals surface area (Å²) in [4.78, 5) is 39.1. The molecule has 0 N–H and O–H groups in total. The van der Waals surface area contributed by atoms with Crippen molar-refractivity contribution in [2.24, 2.45) is 5.92 Å². The zero-order valence-corrected chi connectivity index (χ0v) is 19.4. The number of benzene rings is 2. The Hall–Kier alpha value is -3.58. The van der Waals surface area contributed by atoms with Crippen molar-refractivity contribution in [3.8, 4) is 0 Å². The Bertz CT molecular complexity index is 1320. The summed E-state index contributed by atoms with van der Waals surface area (Å²) in [6.45, 7) is 4.85. The Morgan fingerprint density at radius 1 is 1.12 bits per heavy atom. The van der Waals surface area contributed by atoms with Crippen LogP contribution in [0.1, 0.15) is 23.1 Å². The number of hydrogen-bond acceptors (Lipinski definition) is 5. The summed E-state index contributed by atoms with van der Waals surface area (Å²) in [7, 11) is 0. The van der Waals surface area contributed by atoms with Crippen LogP contribution in [0.25, 0.3) is 10.2 Å². The molecule has 1 fully saturated rings. The van der Waals surface area contributed by atoms with Gasteiger partial charge in [0, 0.05) is 31.0 Å². The molecule has 2 aromatic heterocycles. The van der Waals surface area contributed by atoms with Crippen LogP contribution in [0.15, 0.2) is 67.0 Å². The fourth-order valence-electron chi connectivity index (χ4n) is 4.19. The van der Waals surface area contributed by atoms with Gasteiger partial charge in [0.25, 0.3) is 0 Å². The molecule has 0 saturated carbocycles. The van der Waals surface area contributed by atoms with E-state index in [1.165, 1.54) is 16.9 Å².